The van der Waals surface area contributed by atoms with Crippen molar-refractivity contribution in [3.05, 3.63) is 80.9 Å². The van der Waals surface area contributed by atoms with Crippen molar-refractivity contribution in [2.75, 3.05) is 0 Å². The van der Waals surface area contributed by atoms with E-state index >= 15 is 0 Å². The average molecular weight is 346 g/mol. The van der Waals surface area contributed by atoms with Gasteiger partial charge in [-0.25, -0.2) is 0 Å². The number of carbonyl (C=O) groups excluding carboxylic acids is 2. The second kappa shape index (κ2) is 7.89. The van der Waals surface area contributed by atoms with Gasteiger partial charge in [0.2, 0.25) is 0 Å². The number of hydrogen-bond donors (Lipinski definition) is 2. The van der Waals surface area contributed by atoms with Crippen LogP contribution in [0, 0.1) is 10.1 Å². The topological polar surface area (TPSA) is 101 Å². The molecule has 0 aliphatic heterocycles. The molecule has 0 saturated carbocycles. The quantitative estimate of drug-likeness (QED) is 0.505. The zero-order valence-corrected chi connectivity index (χ0v) is 13.0. The fraction of sp³-hybridized carbons (Fsp3) is 0. The lowest BCUT2D eigenvalue weighted by molar-refractivity contribution is -0.385. The van der Waals surface area contributed by atoms with Crippen molar-refractivity contribution in [1.82, 2.24) is 10.9 Å². The molecule has 0 atom stereocenters. The summed E-state index contributed by atoms with van der Waals surface area (Å²) >= 11 is 5.78. The minimum atomic E-state index is -0.636. The number of hydrogen-bond acceptors (Lipinski definition) is 4. The van der Waals surface area contributed by atoms with Crippen molar-refractivity contribution in [2.24, 2.45) is 0 Å². The minimum absolute atomic E-state index is 0.121. The van der Waals surface area contributed by atoms with Crippen molar-refractivity contribution in [1.29, 1.82) is 0 Å². The van der Waals surface area contributed by atoms with Gasteiger partial charge in [0.1, 0.15) is 0 Å². The first-order valence-electron chi connectivity index (χ1n) is 6.75. The van der Waals surface area contributed by atoms with Gasteiger partial charge in [0.25, 0.3) is 17.5 Å². The molecule has 2 N–H and O–H groups in total. The third-order valence-electron chi connectivity index (χ3n) is 2.93. The third kappa shape index (κ3) is 4.65. The molecule has 24 heavy (non-hydrogen) atoms. The smallest absolute Gasteiger partial charge is 0.268 e. The molecule has 2 amide bonds. The van der Waals surface area contributed by atoms with Gasteiger partial charge in [-0.3, -0.25) is 30.6 Å². The molecule has 7 nitrogen and oxygen atoms in total. The Labute approximate surface area is 142 Å². The lowest BCUT2D eigenvalue weighted by Crippen LogP contribution is -2.40. The van der Waals surface area contributed by atoms with E-state index in [4.69, 9.17) is 11.6 Å². The fourth-order valence-electron chi connectivity index (χ4n) is 1.82. The molecular weight excluding hydrogens is 334 g/mol. The lowest BCUT2D eigenvalue weighted by atomic mass is 10.1. The SMILES string of the molecule is O=C(/C=C/c1ccccc1[N+](=O)[O-])NNC(=O)c1cccc(Cl)c1. The Hall–Kier alpha value is -3.19. The van der Waals surface area contributed by atoms with Gasteiger partial charge < -0.3 is 0 Å². The Morgan fingerprint density at radius 2 is 1.83 bits per heavy atom. The molecule has 8 heteroatoms. The molecule has 0 bridgehead atoms. The van der Waals surface area contributed by atoms with Crippen LogP contribution in [0.15, 0.2) is 54.6 Å². The van der Waals surface area contributed by atoms with Gasteiger partial charge in [-0.15, -0.1) is 0 Å². The predicted octanol–water partition coefficient (Wildman–Crippen LogP) is 2.72. The Kier molecular flexibility index (Phi) is 5.64. The van der Waals surface area contributed by atoms with Gasteiger partial charge in [0.05, 0.1) is 10.5 Å². The van der Waals surface area contributed by atoms with E-state index in [1.165, 1.54) is 36.4 Å². The summed E-state index contributed by atoms with van der Waals surface area (Å²) in [5, 5.41) is 11.3. The molecule has 0 aliphatic carbocycles. The molecule has 122 valence electrons. The van der Waals surface area contributed by atoms with Crippen LogP contribution in [0.4, 0.5) is 5.69 Å². The first-order chi connectivity index (χ1) is 11.5. The number of nitrogens with one attached hydrogen (secondary N) is 2. The Balaban J connectivity index is 1.96. The fourth-order valence-corrected chi connectivity index (χ4v) is 2.01. The van der Waals surface area contributed by atoms with Crippen LogP contribution < -0.4 is 10.9 Å². The summed E-state index contributed by atoms with van der Waals surface area (Å²) in [4.78, 5) is 33.8. The summed E-state index contributed by atoms with van der Waals surface area (Å²) in [6.45, 7) is 0. The normalized spacial score (nSPS) is 10.4. The Morgan fingerprint density at radius 1 is 1.08 bits per heavy atom. The summed E-state index contributed by atoms with van der Waals surface area (Å²) in [5.41, 5.74) is 4.84. The zero-order chi connectivity index (χ0) is 17.5. The van der Waals surface area contributed by atoms with Crippen LogP contribution in [0.1, 0.15) is 15.9 Å². The molecular formula is C16H12ClN3O4. The Morgan fingerprint density at radius 3 is 2.54 bits per heavy atom. The van der Waals surface area contributed by atoms with Gasteiger partial charge in [0.15, 0.2) is 0 Å². The monoisotopic (exact) mass is 345 g/mol. The van der Waals surface area contributed by atoms with Crippen LogP contribution in [0.5, 0.6) is 0 Å². The number of rotatable bonds is 4. The summed E-state index contributed by atoms with van der Waals surface area (Å²) in [5.74, 6) is -1.17. The van der Waals surface area contributed by atoms with Crippen molar-refractivity contribution in [3.8, 4) is 0 Å². The highest BCUT2D eigenvalue weighted by Gasteiger charge is 2.10. The maximum absolute atomic E-state index is 11.8. The van der Waals surface area contributed by atoms with Crippen LogP contribution in [0.25, 0.3) is 6.08 Å². The summed E-state index contributed by atoms with van der Waals surface area (Å²) in [6, 6.07) is 12.2. The molecule has 0 heterocycles. The van der Waals surface area contributed by atoms with E-state index in [1.807, 2.05) is 0 Å². The maximum Gasteiger partial charge on any atom is 0.276 e. The van der Waals surface area contributed by atoms with Crippen LogP contribution >= 0.6 is 11.6 Å². The van der Waals surface area contributed by atoms with Crippen molar-refractivity contribution < 1.29 is 14.5 Å². The van der Waals surface area contributed by atoms with Gasteiger partial charge in [-0.2, -0.15) is 0 Å². The number of benzene rings is 2. The summed E-state index contributed by atoms with van der Waals surface area (Å²) in [6.07, 6.45) is 2.37. The predicted molar refractivity (Wildman–Crippen MR) is 89.2 cm³/mol. The first kappa shape index (κ1) is 17.2. The highest BCUT2D eigenvalue weighted by Crippen LogP contribution is 2.18. The Bertz CT molecular complexity index is 820. The van der Waals surface area contributed by atoms with E-state index in [0.717, 1.165) is 6.08 Å². The first-order valence-corrected chi connectivity index (χ1v) is 7.12. The number of hydrazine groups is 1. The minimum Gasteiger partial charge on any atom is -0.268 e. The van der Waals surface area contributed by atoms with Crippen LogP contribution in [-0.2, 0) is 4.79 Å². The average Bonchev–Trinajstić information content (AvgIpc) is 2.58. The molecule has 2 rings (SSSR count). The van der Waals surface area contributed by atoms with E-state index in [-0.39, 0.29) is 16.8 Å². The molecule has 2 aromatic rings. The molecule has 2 aromatic carbocycles. The standard InChI is InChI=1S/C16H12ClN3O4/c17-13-6-3-5-12(10-13)16(22)19-18-15(21)9-8-11-4-1-2-7-14(11)20(23)24/h1-10H,(H,18,21)(H,19,22)/b9-8+. The summed E-state index contributed by atoms with van der Waals surface area (Å²) in [7, 11) is 0. The summed E-state index contributed by atoms with van der Waals surface area (Å²) < 4.78 is 0. The van der Waals surface area contributed by atoms with Gasteiger partial charge in [-0.05, 0) is 30.3 Å². The second-order valence-electron chi connectivity index (χ2n) is 4.60. The number of carbonyl (C=O) groups is 2. The van der Waals surface area contributed by atoms with Gasteiger partial charge in [0, 0.05) is 22.7 Å². The number of nitrogens with zero attached hydrogens (tertiary/aromatic N) is 1. The zero-order valence-electron chi connectivity index (χ0n) is 12.2. The number of nitro benzene ring substituents is 1. The molecule has 0 radical (unpaired) electrons. The molecule has 0 spiro atoms. The van der Waals surface area contributed by atoms with E-state index in [0.29, 0.717) is 5.02 Å². The molecule has 0 aromatic heterocycles. The molecule has 0 aliphatic rings. The maximum atomic E-state index is 11.8. The third-order valence-corrected chi connectivity index (χ3v) is 3.17. The van der Waals surface area contributed by atoms with Crippen molar-refractivity contribution >= 4 is 35.2 Å². The largest absolute Gasteiger partial charge is 0.276 e. The highest BCUT2D eigenvalue weighted by atomic mass is 35.5. The molecule has 0 saturated heterocycles. The number of para-hydroxylation sites is 1. The van der Waals surface area contributed by atoms with E-state index < -0.39 is 16.7 Å². The van der Waals surface area contributed by atoms with Crippen LogP contribution in [0.3, 0.4) is 0 Å². The van der Waals surface area contributed by atoms with Gasteiger partial charge >= 0.3 is 0 Å². The second-order valence-corrected chi connectivity index (χ2v) is 5.04. The lowest BCUT2D eigenvalue weighted by Gasteiger charge is -2.05. The van der Waals surface area contributed by atoms with Crippen LogP contribution in [0.2, 0.25) is 5.02 Å². The highest BCUT2D eigenvalue weighted by molar-refractivity contribution is 6.30. The molecule has 0 fully saturated rings. The number of halogens is 1. The van der Waals surface area contributed by atoms with E-state index in [9.17, 15) is 19.7 Å². The van der Waals surface area contributed by atoms with E-state index in [2.05, 4.69) is 10.9 Å². The van der Waals surface area contributed by atoms with Gasteiger partial charge in [-0.1, -0.05) is 29.8 Å². The van der Waals surface area contributed by atoms with Crippen molar-refractivity contribution in [2.45, 2.75) is 0 Å². The van der Waals surface area contributed by atoms with Crippen molar-refractivity contribution in [3.63, 3.8) is 0 Å². The molecule has 0 unspecified atom stereocenters. The number of nitro groups is 1. The van der Waals surface area contributed by atoms with Crippen LogP contribution in [-0.4, -0.2) is 16.7 Å². The number of amides is 2. The van der Waals surface area contributed by atoms with E-state index in [1.54, 1.807) is 18.2 Å².